The summed E-state index contributed by atoms with van der Waals surface area (Å²) in [6.45, 7) is 4.84. The topological polar surface area (TPSA) is 50.4 Å². The average molecular weight is 421 g/mol. The minimum absolute atomic E-state index is 0.230. The molecule has 132 valence electrons. The van der Waals surface area contributed by atoms with Crippen molar-refractivity contribution in [2.24, 2.45) is 5.92 Å². The van der Waals surface area contributed by atoms with Gasteiger partial charge in [0.05, 0.1) is 17.9 Å². The number of benzene rings is 2. The maximum Gasteiger partial charge on any atom is 0.261 e. The molecule has 2 rings (SSSR count). The van der Waals surface area contributed by atoms with Gasteiger partial charge in [-0.05, 0) is 64.8 Å². The highest BCUT2D eigenvalue weighted by atomic mass is 79.9. The molecule has 25 heavy (non-hydrogen) atoms. The Labute approximate surface area is 162 Å². The predicted molar refractivity (Wildman–Crippen MR) is 109 cm³/mol. The minimum Gasteiger partial charge on any atom is -0.493 e. The van der Waals surface area contributed by atoms with Crippen LogP contribution < -0.4 is 15.4 Å². The van der Waals surface area contributed by atoms with E-state index in [0.717, 1.165) is 16.6 Å². The number of ether oxygens (including phenoxy) is 1. The molecule has 0 radical (unpaired) electrons. The standard InChI is InChI=1S/C19H21BrN2O2S/c1-13(2)11-12-24-17-10-6-3-7-14(17)18(23)22-19(25)21-16-9-5-4-8-15(16)20/h3-10,13H,11-12H2,1-2H3,(H2,21,22,23,25). The summed E-state index contributed by atoms with van der Waals surface area (Å²) in [5, 5.41) is 5.92. The van der Waals surface area contributed by atoms with E-state index in [4.69, 9.17) is 17.0 Å². The molecular formula is C19H21BrN2O2S. The molecule has 0 aliphatic heterocycles. The Bertz CT molecular complexity index is 750. The van der Waals surface area contributed by atoms with Gasteiger partial charge in [-0.15, -0.1) is 0 Å². The number of halogens is 1. The van der Waals surface area contributed by atoms with E-state index in [9.17, 15) is 4.79 Å². The lowest BCUT2D eigenvalue weighted by atomic mass is 10.1. The maximum absolute atomic E-state index is 12.5. The highest BCUT2D eigenvalue weighted by Gasteiger charge is 2.14. The van der Waals surface area contributed by atoms with E-state index in [0.29, 0.717) is 23.8 Å². The molecule has 0 saturated carbocycles. The van der Waals surface area contributed by atoms with Crippen LogP contribution in [0.5, 0.6) is 5.75 Å². The Kier molecular flexibility index (Phi) is 7.40. The predicted octanol–water partition coefficient (Wildman–Crippen LogP) is 5.00. The summed E-state index contributed by atoms with van der Waals surface area (Å²) < 4.78 is 6.62. The van der Waals surface area contributed by atoms with Gasteiger partial charge in [-0.25, -0.2) is 0 Å². The molecule has 0 unspecified atom stereocenters. The molecule has 6 heteroatoms. The number of rotatable bonds is 6. The number of hydrogen-bond donors (Lipinski definition) is 2. The molecule has 0 aliphatic rings. The second kappa shape index (κ2) is 9.53. The van der Waals surface area contributed by atoms with E-state index < -0.39 is 0 Å². The Hall–Kier alpha value is -1.92. The molecular weight excluding hydrogens is 400 g/mol. The second-order valence-electron chi connectivity index (χ2n) is 5.92. The molecule has 2 N–H and O–H groups in total. The molecule has 0 heterocycles. The molecule has 0 saturated heterocycles. The number of carbonyl (C=O) groups excluding carboxylic acids is 1. The molecule has 0 bridgehead atoms. The number of anilines is 1. The summed E-state index contributed by atoms with van der Waals surface area (Å²) in [5.41, 5.74) is 1.25. The van der Waals surface area contributed by atoms with Gasteiger partial charge in [0.1, 0.15) is 5.75 Å². The fourth-order valence-electron chi connectivity index (χ4n) is 2.07. The van der Waals surface area contributed by atoms with E-state index in [1.54, 1.807) is 18.2 Å². The fraction of sp³-hybridized carbons (Fsp3) is 0.263. The molecule has 4 nitrogen and oxygen atoms in total. The molecule has 0 fully saturated rings. The van der Waals surface area contributed by atoms with Crippen molar-refractivity contribution >= 4 is 44.9 Å². The van der Waals surface area contributed by atoms with Crippen LogP contribution in [0, 0.1) is 5.92 Å². The average Bonchev–Trinajstić information content (AvgIpc) is 2.57. The first-order chi connectivity index (χ1) is 12.0. The van der Waals surface area contributed by atoms with Crippen LogP contribution in [0.3, 0.4) is 0 Å². The van der Waals surface area contributed by atoms with Crippen LogP contribution >= 0.6 is 28.1 Å². The zero-order valence-electron chi connectivity index (χ0n) is 14.2. The van der Waals surface area contributed by atoms with E-state index in [-0.39, 0.29) is 11.0 Å². The third kappa shape index (κ3) is 6.14. The van der Waals surface area contributed by atoms with Crippen molar-refractivity contribution in [3.8, 4) is 5.75 Å². The zero-order valence-corrected chi connectivity index (χ0v) is 16.6. The largest absolute Gasteiger partial charge is 0.493 e. The Morgan fingerprint density at radius 2 is 1.84 bits per heavy atom. The first-order valence-corrected chi connectivity index (χ1v) is 9.26. The van der Waals surface area contributed by atoms with Gasteiger partial charge in [0, 0.05) is 4.47 Å². The lowest BCUT2D eigenvalue weighted by Crippen LogP contribution is -2.34. The Morgan fingerprint density at radius 3 is 2.56 bits per heavy atom. The van der Waals surface area contributed by atoms with Crippen molar-refractivity contribution in [2.45, 2.75) is 20.3 Å². The van der Waals surface area contributed by atoms with Crippen molar-refractivity contribution < 1.29 is 9.53 Å². The van der Waals surface area contributed by atoms with Gasteiger partial charge in [0.15, 0.2) is 5.11 Å². The lowest BCUT2D eigenvalue weighted by molar-refractivity contribution is 0.0973. The van der Waals surface area contributed by atoms with Gasteiger partial charge < -0.3 is 10.1 Å². The van der Waals surface area contributed by atoms with Gasteiger partial charge in [-0.3, -0.25) is 10.1 Å². The number of amides is 1. The SMILES string of the molecule is CC(C)CCOc1ccccc1C(=O)NC(=S)Nc1ccccc1Br. The Morgan fingerprint density at radius 1 is 1.16 bits per heavy atom. The summed E-state index contributed by atoms with van der Waals surface area (Å²) in [4.78, 5) is 12.5. The molecule has 2 aromatic rings. The van der Waals surface area contributed by atoms with Crippen LogP contribution in [0.25, 0.3) is 0 Å². The van der Waals surface area contributed by atoms with Crippen LogP contribution in [0.1, 0.15) is 30.6 Å². The first kappa shape index (κ1) is 19.4. The molecule has 1 amide bonds. The number of hydrogen-bond acceptors (Lipinski definition) is 3. The highest BCUT2D eigenvalue weighted by Crippen LogP contribution is 2.21. The van der Waals surface area contributed by atoms with E-state index in [2.05, 4.69) is 40.4 Å². The summed E-state index contributed by atoms with van der Waals surface area (Å²) in [7, 11) is 0. The third-order valence-electron chi connectivity index (χ3n) is 3.43. The summed E-state index contributed by atoms with van der Waals surface area (Å²) in [6.07, 6.45) is 0.929. The summed E-state index contributed by atoms with van der Waals surface area (Å²) in [5.74, 6) is 0.802. The number of thiocarbonyl (C=S) groups is 1. The van der Waals surface area contributed by atoms with Crippen LogP contribution in [0.2, 0.25) is 0 Å². The monoisotopic (exact) mass is 420 g/mol. The number of nitrogens with one attached hydrogen (secondary N) is 2. The van der Waals surface area contributed by atoms with Crippen molar-refractivity contribution in [3.05, 3.63) is 58.6 Å². The molecule has 0 atom stereocenters. The van der Waals surface area contributed by atoms with Crippen molar-refractivity contribution in [2.75, 3.05) is 11.9 Å². The van der Waals surface area contributed by atoms with Crippen molar-refractivity contribution in [3.63, 3.8) is 0 Å². The quantitative estimate of drug-likeness (QED) is 0.645. The molecule has 0 aromatic heterocycles. The van der Waals surface area contributed by atoms with Crippen LogP contribution in [0.4, 0.5) is 5.69 Å². The van der Waals surface area contributed by atoms with Crippen LogP contribution in [-0.4, -0.2) is 17.6 Å². The minimum atomic E-state index is -0.301. The molecule has 0 spiro atoms. The number of para-hydroxylation sites is 2. The van der Waals surface area contributed by atoms with E-state index in [1.807, 2.05) is 30.3 Å². The van der Waals surface area contributed by atoms with Crippen LogP contribution in [-0.2, 0) is 0 Å². The van der Waals surface area contributed by atoms with E-state index in [1.165, 1.54) is 0 Å². The fourth-order valence-corrected chi connectivity index (χ4v) is 2.66. The summed E-state index contributed by atoms with van der Waals surface area (Å²) >= 11 is 8.66. The third-order valence-corrected chi connectivity index (χ3v) is 4.33. The Balaban J connectivity index is 2.00. The maximum atomic E-state index is 12.5. The van der Waals surface area contributed by atoms with Crippen LogP contribution in [0.15, 0.2) is 53.0 Å². The number of carbonyl (C=O) groups is 1. The van der Waals surface area contributed by atoms with Gasteiger partial charge in [-0.1, -0.05) is 38.1 Å². The van der Waals surface area contributed by atoms with E-state index >= 15 is 0 Å². The van der Waals surface area contributed by atoms with Crippen molar-refractivity contribution in [1.29, 1.82) is 0 Å². The molecule has 0 aliphatic carbocycles. The zero-order chi connectivity index (χ0) is 18.2. The summed E-state index contributed by atoms with van der Waals surface area (Å²) in [6, 6.07) is 14.7. The second-order valence-corrected chi connectivity index (χ2v) is 7.18. The first-order valence-electron chi connectivity index (χ1n) is 8.06. The highest BCUT2D eigenvalue weighted by molar-refractivity contribution is 9.10. The molecule has 2 aromatic carbocycles. The lowest BCUT2D eigenvalue weighted by Gasteiger charge is -2.14. The van der Waals surface area contributed by atoms with Gasteiger partial charge in [-0.2, -0.15) is 0 Å². The van der Waals surface area contributed by atoms with Gasteiger partial charge in [0.25, 0.3) is 5.91 Å². The smallest absolute Gasteiger partial charge is 0.261 e. The van der Waals surface area contributed by atoms with Crippen molar-refractivity contribution in [1.82, 2.24) is 5.32 Å². The van der Waals surface area contributed by atoms with Gasteiger partial charge in [0.2, 0.25) is 0 Å². The normalized spacial score (nSPS) is 10.4. The van der Waals surface area contributed by atoms with Gasteiger partial charge >= 0.3 is 0 Å².